The predicted octanol–water partition coefficient (Wildman–Crippen LogP) is 4.54. The first-order chi connectivity index (χ1) is 20.4. The van der Waals surface area contributed by atoms with Gasteiger partial charge in [0.2, 0.25) is 0 Å². The molecule has 43 heavy (non-hydrogen) atoms. The van der Waals surface area contributed by atoms with Crippen molar-refractivity contribution in [2.45, 2.75) is 117 Å². The van der Waals surface area contributed by atoms with Gasteiger partial charge in [-0.25, -0.2) is 0 Å². The normalized spacial score (nSPS) is 17.3. The summed E-state index contributed by atoms with van der Waals surface area (Å²) in [5.41, 5.74) is -0.774. The largest absolute Gasteiger partial charge is 0.481 e. The summed E-state index contributed by atoms with van der Waals surface area (Å²) in [5.74, 6) is -5.59. The van der Waals surface area contributed by atoms with Crippen LogP contribution < -0.4 is 0 Å². The van der Waals surface area contributed by atoms with Gasteiger partial charge in [0.05, 0.1) is 43.3 Å². The third kappa shape index (κ3) is 15.7. The van der Waals surface area contributed by atoms with Crippen LogP contribution in [0.3, 0.4) is 0 Å². The van der Waals surface area contributed by atoms with E-state index in [-0.39, 0.29) is 32.0 Å². The minimum Gasteiger partial charge on any atom is -0.481 e. The Labute approximate surface area is 254 Å². The SMILES string of the molecule is CCCCOC(=O)CCCCCOC(=O)CCC(=O)OCC(COC(=O)C(C)(C)CC)OC(=O)C1CCCCC1C(=O)O. The Morgan fingerprint density at radius 3 is 1.88 bits per heavy atom. The molecule has 1 aliphatic rings. The highest BCUT2D eigenvalue weighted by Crippen LogP contribution is 2.31. The summed E-state index contributed by atoms with van der Waals surface area (Å²) in [6.45, 7) is 7.06. The molecular formula is C31H50O12. The second kappa shape index (κ2) is 20.7. The fourth-order valence-electron chi connectivity index (χ4n) is 4.26. The summed E-state index contributed by atoms with van der Waals surface area (Å²) in [4.78, 5) is 72.8. The number of ether oxygens (including phenoxy) is 5. The Kier molecular flexibility index (Phi) is 18.2. The maximum Gasteiger partial charge on any atom is 0.311 e. The maximum absolute atomic E-state index is 12.9. The Balaban J connectivity index is 2.49. The molecule has 0 radical (unpaired) electrons. The first kappa shape index (κ1) is 37.8. The van der Waals surface area contributed by atoms with Crippen LogP contribution in [0.2, 0.25) is 0 Å². The summed E-state index contributed by atoms with van der Waals surface area (Å²) in [6, 6.07) is 0. The van der Waals surface area contributed by atoms with Crippen LogP contribution in [-0.4, -0.2) is 73.5 Å². The molecule has 0 aliphatic heterocycles. The molecule has 246 valence electrons. The lowest BCUT2D eigenvalue weighted by Crippen LogP contribution is -2.39. The number of hydrogen-bond donors (Lipinski definition) is 1. The highest BCUT2D eigenvalue weighted by atomic mass is 16.6. The van der Waals surface area contributed by atoms with Gasteiger partial charge in [0.15, 0.2) is 6.10 Å². The van der Waals surface area contributed by atoms with Crippen LogP contribution in [0.15, 0.2) is 0 Å². The standard InChI is InChI=1S/C31H50O12/c1-5-7-18-39-25(32)15-9-8-12-19-40-26(33)16-17-27(34)41-20-22(21-42-30(38)31(3,4)6-2)43-29(37)24-14-11-10-13-23(24)28(35)36/h22-24H,5-21H2,1-4H3,(H,35,36). The molecule has 0 aromatic heterocycles. The van der Waals surface area contributed by atoms with Crippen LogP contribution >= 0.6 is 0 Å². The topological polar surface area (TPSA) is 169 Å². The quantitative estimate of drug-likeness (QED) is 0.109. The van der Waals surface area contributed by atoms with Gasteiger partial charge in [-0.3, -0.25) is 28.8 Å². The van der Waals surface area contributed by atoms with Crippen molar-refractivity contribution in [2.24, 2.45) is 17.3 Å². The Bertz CT molecular complexity index is 912. The fraction of sp³-hybridized carbons (Fsp3) is 0.806. The molecule has 1 fully saturated rings. The van der Waals surface area contributed by atoms with Gasteiger partial charge in [0.25, 0.3) is 0 Å². The van der Waals surface area contributed by atoms with E-state index in [2.05, 4.69) is 0 Å². The molecule has 0 heterocycles. The predicted molar refractivity (Wildman–Crippen MR) is 153 cm³/mol. The van der Waals surface area contributed by atoms with Crippen molar-refractivity contribution in [3.8, 4) is 0 Å². The number of unbranched alkanes of at least 4 members (excludes halogenated alkanes) is 3. The van der Waals surface area contributed by atoms with Gasteiger partial charge in [-0.15, -0.1) is 0 Å². The van der Waals surface area contributed by atoms with Crippen molar-refractivity contribution in [3.05, 3.63) is 0 Å². The molecule has 1 aliphatic carbocycles. The first-order valence-electron chi connectivity index (χ1n) is 15.5. The zero-order chi connectivity index (χ0) is 32.3. The van der Waals surface area contributed by atoms with E-state index in [9.17, 15) is 33.9 Å². The third-order valence-electron chi connectivity index (χ3n) is 7.52. The number of carbonyl (C=O) groups excluding carboxylic acids is 5. The molecule has 12 heteroatoms. The third-order valence-corrected chi connectivity index (χ3v) is 7.52. The van der Waals surface area contributed by atoms with Crippen molar-refractivity contribution >= 4 is 35.8 Å². The van der Waals surface area contributed by atoms with E-state index < -0.39 is 59.8 Å². The Morgan fingerprint density at radius 2 is 1.28 bits per heavy atom. The lowest BCUT2D eigenvalue weighted by atomic mass is 9.79. The van der Waals surface area contributed by atoms with E-state index >= 15 is 0 Å². The van der Waals surface area contributed by atoms with Crippen LogP contribution in [-0.2, 0) is 52.5 Å². The molecule has 12 nitrogen and oxygen atoms in total. The smallest absolute Gasteiger partial charge is 0.311 e. The molecule has 1 rings (SSSR count). The summed E-state index contributed by atoms with van der Waals surface area (Å²) in [7, 11) is 0. The van der Waals surface area contributed by atoms with Crippen molar-refractivity contribution in [3.63, 3.8) is 0 Å². The van der Waals surface area contributed by atoms with Crippen LogP contribution in [0.4, 0.5) is 0 Å². The van der Waals surface area contributed by atoms with Crippen molar-refractivity contribution in [1.29, 1.82) is 0 Å². The van der Waals surface area contributed by atoms with Crippen LogP contribution in [0.25, 0.3) is 0 Å². The number of carboxylic acid groups (broad SMARTS) is 1. The minimum atomic E-state index is -1.14. The zero-order valence-corrected chi connectivity index (χ0v) is 26.2. The van der Waals surface area contributed by atoms with Gasteiger partial charge >= 0.3 is 35.8 Å². The molecule has 0 aromatic rings. The number of carboxylic acids is 1. The maximum atomic E-state index is 12.9. The summed E-state index contributed by atoms with van der Waals surface area (Å²) in [5, 5.41) is 9.51. The highest BCUT2D eigenvalue weighted by molar-refractivity contribution is 5.81. The van der Waals surface area contributed by atoms with Gasteiger partial charge in [0.1, 0.15) is 13.2 Å². The van der Waals surface area contributed by atoms with E-state index in [4.69, 9.17) is 23.7 Å². The van der Waals surface area contributed by atoms with Gasteiger partial charge in [-0.1, -0.05) is 33.1 Å². The molecule has 0 aromatic carbocycles. The van der Waals surface area contributed by atoms with Gasteiger partial charge < -0.3 is 28.8 Å². The Morgan fingerprint density at radius 1 is 0.721 bits per heavy atom. The number of esters is 5. The molecule has 3 atom stereocenters. The lowest BCUT2D eigenvalue weighted by Gasteiger charge is -2.29. The summed E-state index contributed by atoms with van der Waals surface area (Å²) < 4.78 is 26.2. The van der Waals surface area contributed by atoms with E-state index in [1.165, 1.54) is 0 Å². The average molecular weight is 615 g/mol. The highest BCUT2D eigenvalue weighted by Gasteiger charge is 2.38. The monoisotopic (exact) mass is 614 g/mol. The molecule has 0 spiro atoms. The molecule has 3 unspecified atom stereocenters. The molecule has 0 bridgehead atoms. The van der Waals surface area contributed by atoms with E-state index in [1.54, 1.807) is 13.8 Å². The molecule has 0 saturated heterocycles. The summed E-state index contributed by atoms with van der Waals surface area (Å²) >= 11 is 0. The van der Waals surface area contributed by atoms with Crippen LogP contribution in [0, 0.1) is 17.3 Å². The van der Waals surface area contributed by atoms with Crippen LogP contribution in [0.1, 0.15) is 111 Å². The second-order valence-electron chi connectivity index (χ2n) is 11.5. The van der Waals surface area contributed by atoms with Crippen molar-refractivity contribution in [1.82, 2.24) is 0 Å². The van der Waals surface area contributed by atoms with Gasteiger partial charge in [0, 0.05) is 6.42 Å². The van der Waals surface area contributed by atoms with Crippen molar-refractivity contribution < 1.29 is 57.6 Å². The molecule has 0 amide bonds. The molecule has 1 saturated carbocycles. The first-order valence-corrected chi connectivity index (χ1v) is 15.5. The van der Waals surface area contributed by atoms with Crippen molar-refractivity contribution in [2.75, 3.05) is 26.4 Å². The van der Waals surface area contributed by atoms with E-state index in [0.717, 1.165) is 12.8 Å². The zero-order valence-electron chi connectivity index (χ0n) is 26.2. The van der Waals surface area contributed by atoms with Gasteiger partial charge in [-0.2, -0.15) is 0 Å². The number of rotatable bonds is 21. The molecule has 1 N–H and O–H groups in total. The molecular weight excluding hydrogens is 564 g/mol. The summed E-state index contributed by atoms with van der Waals surface area (Å²) in [6.07, 6.45) is 4.99. The average Bonchev–Trinajstić information content (AvgIpc) is 2.98. The second-order valence-corrected chi connectivity index (χ2v) is 11.5. The number of aliphatic carboxylic acids is 1. The Hall–Kier alpha value is -3.18. The fourth-order valence-corrected chi connectivity index (χ4v) is 4.26. The van der Waals surface area contributed by atoms with Gasteiger partial charge in [-0.05, 0) is 58.8 Å². The van der Waals surface area contributed by atoms with E-state index in [0.29, 0.717) is 64.4 Å². The number of hydrogen-bond acceptors (Lipinski definition) is 11. The lowest BCUT2D eigenvalue weighted by molar-refractivity contribution is -0.176. The minimum absolute atomic E-state index is 0.161. The number of carbonyl (C=O) groups is 6. The van der Waals surface area contributed by atoms with Crippen LogP contribution in [0.5, 0.6) is 0 Å². The van der Waals surface area contributed by atoms with E-state index in [1.807, 2.05) is 13.8 Å².